The molecule has 112 valence electrons. The lowest BCUT2D eigenvalue weighted by Gasteiger charge is -2.24. The highest BCUT2D eigenvalue weighted by atomic mass is 16.4. The van der Waals surface area contributed by atoms with Gasteiger partial charge in [0, 0.05) is 12.5 Å². The Morgan fingerprint density at radius 2 is 1.40 bits per heavy atom. The van der Waals surface area contributed by atoms with Crippen LogP contribution in [-0.4, -0.2) is 11.1 Å². The fourth-order valence-corrected chi connectivity index (χ4v) is 3.02. The SMILES string of the molecule is Cc1c(C)c(C)c(C(N)CC(C)CC(=O)O)c(C)c1C. The second-order valence-corrected chi connectivity index (χ2v) is 6.08. The van der Waals surface area contributed by atoms with Gasteiger partial charge in [0.2, 0.25) is 0 Å². The maximum absolute atomic E-state index is 10.8. The first kappa shape index (κ1) is 16.7. The average Bonchev–Trinajstić information content (AvgIpc) is 2.33. The molecule has 0 radical (unpaired) electrons. The molecule has 0 spiro atoms. The minimum Gasteiger partial charge on any atom is -0.481 e. The molecule has 2 unspecified atom stereocenters. The molecule has 0 saturated carbocycles. The topological polar surface area (TPSA) is 63.3 Å². The Morgan fingerprint density at radius 1 is 1.00 bits per heavy atom. The minimum absolute atomic E-state index is 0.0863. The second-order valence-electron chi connectivity index (χ2n) is 6.08. The molecule has 2 atom stereocenters. The zero-order valence-electron chi connectivity index (χ0n) is 13.5. The molecule has 1 aromatic carbocycles. The molecule has 0 aliphatic carbocycles. The van der Waals surface area contributed by atoms with E-state index in [9.17, 15) is 4.79 Å². The third-order valence-corrected chi connectivity index (χ3v) is 4.61. The lowest BCUT2D eigenvalue weighted by Crippen LogP contribution is -2.19. The van der Waals surface area contributed by atoms with Gasteiger partial charge in [0.25, 0.3) is 0 Å². The Hall–Kier alpha value is -1.35. The van der Waals surface area contributed by atoms with Crippen LogP contribution in [0.15, 0.2) is 0 Å². The van der Waals surface area contributed by atoms with Crippen molar-refractivity contribution >= 4 is 5.97 Å². The van der Waals surface area contributed by atoms with Gasteiger partial charge in [-0.1, -0.05) is 6.92 Å². The predicted molar refractivity (Wildman–Crippen MR) is 83.1 cm³/mol. The maximum atomic E-state index is 10.8. The Kier molecular flexibility index (Phi) is 5.35. The van der Waals surface area contributed by atoms with Gasteiger partial charge < -0.3 is 10.8 Å². The molecule has 0 saturated heterocycles. The van der Waals surface area contributed by atoms with E-state index in [0.29, 0.717) is 6.42 Å². The molecule has 0 bridgehead atoms. The largest absolute Gasteiger partial charge is 0.481 e. The first-order chi connectivity index (χ1) is 9.16. The fraction of sp³-hybridized carbons (Fsp3) is 0.588. The normalized spacial score (nSPS) is 14.2. The Balaban J connectivity index is 3.10. The van der Waals surface area contributed by atoms with Gasteiger partial charge in [-0.3, -0.25) is 4.79 Å². The van der Waals surface area contributed by atoms with Crippen molar-refractivity contribution in [3.8, 4) is 0 Å². The van der Waals surface area contributed by atoms with Gasteiger partial charge in [-0.15, -0.1) is 0 Å². The number of carboxylic acids is 1. The summed E-state index contributed by atoms with van der Waals surface area (Å²) in [6, 6.07) is -0.0950. The molecular formula is C17H27NO2. The van der Waals surface area contributed by atoms with E-state index in [1.807, 2.05) is 6.92 Å². The summed E-state index contributed by atoms with van der Waals surface area (Å²) in [6.45, 7) is 12.6. The van der Waals surface area contributed by atoms with Crippen LogP contribution in [0.1, 0.15) is 59.2 Å². The molecule has 0 aliphatic rings. The average molecular weight is 277 g/mol. The van der Waals surface area contributed by atoms with E-state index >= 15 is 0 Å². The highest BCUT2D eigenvalue weighted by molar-refractivity contribution is 5.67. The van der Waals surface area contributed by atoms with E-state index in [-0.39, 0.29) is 18.4 Å². The summed E-state index contributed by atoms with van der Waals surface area (Å²) in [6.07, 6.45) is 0.880. The van der Waals surface area contributed by atoms with Crippen molar-refractivity contribution < 1.29 is 9.90 Å². The van der Waals surface area contributed by atoms with E-state index in [1.165, 1.54) is 33.4 Å². The van der Waals surface area contributed by atoms with E-state index in [2.05, 4.69) is 34.6 Å². The number of benzene rings is 1. The lowest BCUT2D eigenvalue weighted by atomic mass is 9.83. The van der Waals surface area contributed by atoms with Crippen LogP contribution < -0.4 is 5.73 Å². The first-order valence-corrected chi connectivity index (χ1v) is 7.21. The summed E-state index contributed by atoms with van der Waals surface area (Å²) in [4.78, 5) is 10.8. The molecule has 0 fully saturated rings. The number of carboxylic acid groups (broad SMARTS) is 1. The molecule has 0 aliphatic heterocycles. The predicted octanol–water partition coefficient (Wildman–Crippen LogP) is 3.73. The molecule has 1 rings (SSSR count). The monoisotopic (exact) mass is 277 g/mol. The van der Waals surface area contributed by atoms with Gasteiger partial charge in [0.15, 0.2) is 0 Å². The van der Waals surface area contributed by atoms with Crippen LogP contribution in [0.5, 0.6) is 0 Å². The van der Waals surface area contributed by atoms with Crippen molar-refractivity contribution in [2.24, 2.45) is 11.7 Å². The number of carbonyl (C=O) groups is 1. The van der Waals surface area contributed by atoms with Crippen molar-refractivity contribution in [3.05, 3.63) is 33.4 Å². The van der Waals surface area contributed by atoms with Crippen LogP contribution in [0, 0.1) is 40.5 Å². The fourth-order valence-electron chi connectivity index (χ4n) is 3.02. The zero-order valence-corrected chi connectivity index (χ0v) is 13.5. The molecule has 1 aromatic rings. The van der Waals surface area contributed by atoms with Crippen LogP contribution in [0.4, 0.5) is 0 Å². The highest BCUT2D eigenvalue weighted by Gasteiger charge is 2.20. The van der Waals surface area contributed by atoms with E-state index in [1.54, 1.807) is 0 Å². The van der Waals surface area contributed by atoms with Crippen LogP contribution in [-0.2, 0) is 4.79 Å². The molecular weight excluding hydrogens is 250 g/mol. The highest BCUT2D eigenvalue weighted by Crippen LogP contribution is 2.32. The summed E-state index contributed by atoms with van der Waals surface area (Å²) in [5.74, 6) is -0.669. The number of aliphatic carboxylic acids is 1. The van der Waals surface area contributed by atoms with Gasteiger partial charge in [-0.05, 0) is 80.3 Å². The van der Waals surface area contributed by atoms with Gasteiger partial charge in [-0.25, -0.2) is 0 Å². The number of hydrogen-bond donors (Lipinski definition) is 2. The molecule has 0 aromatic heterocycles. The quantitative estimate of drug-likeness (QED) is 0.862. The van der Waals surface area contributed by atoms with Crippen molar-refractivity contribution in [3.63, 3.8) is 0 Å². The van der Waals surface area contributed by atoms with Gasteiger partial charge in [0.1, 0.15) is 0 Å². The maximum Gasteiger partial charge on any atom is 0.303 e. The standard InChI is InChI=1S/C17H27NO2/c1-9(8-16(19)20)7-15(18)17-13(5)11(3)10(2)12(4)14(17)6/h9,15H,7-8,18H2,1-6H3,(H,19,20). The smallest absolute Gasteiger partial charge is 0.303 e. The van der Waals surface area contributed by atoms with Crippen molar-refractivity contribution in [1.29, 1.82) is 0 Å². The minimum atomic E-state index is -0.755. The molecule has 0 amide bonds. The summed E-state index contributed by atoms with van der Waals surface area (Å²) in [5.41, 5.74) is 14.0. The second kappa shape index (κ2) is 6.40. The number of nitrogens with two attached hydrogens (primary N) is 1. The van der Waals surface area contributed by atoms with Crippen LogP contribution in [0.3, 0.4) is 0 Å². The van der Waals surface area contributed by atoms with Crippen molar-refractivity contribution in [1.82, 2.24) is 0 Å². The van der Waals surface area contributed by atoms with Crippen molar-refractivity contribution in [2.75, 3.05) is 0 Å². The summed E-state index contributed by atoms with van der Waals surface area (Å²) >= 11 is 0. The lowest BCUT2D eigenvalue weighted by molar-refractivity contribution is -0.138. The number of hydrogen-bond acceptors (Lipinski definition) is 2. The first-order valence-electron chi connectivity index (χ1n) is 7.21. The molecule has 3 N–H and O–H groups in total. The molecule has 20 heavy (non-hydrogen) atoms. The summed E-state index contributed by atoms with van der Waals surface area (Å²) in [5, 5.41) is 8.86. The Bertz CT molecular complexity index is 491. The summed E-state index contributed by atoms with van der Waals surface area (Å²) in [7, 11) is 0. The van der Waals surface area contributed by atoms with E-state index in [4.69, 9.17) is 10.8 Å². The third-order valence-electron chi connectivity index (χ3n) is 4.61. The van der Waals surface area contributed by atoms with Crippen LogP contribution in [0.2, 0.25) is 0 Å². The molecule has 0 heterocycles. The van der Waals surface area contributed by atoms with Crippen molar-refractivity contribution in [2.45, 2.75) is 60.4 Å². The third kappa shape index (κ3) is 3.40. The van der Waals surface area contributed by atoms with Crippen LogP contribution in [0.25, 0.3) is 0 Å². The van der Waals surface area contributed by atoms with E-state index in [0.717, 1.165) is 0 Å². The molecule has 3 nitrogen and oxygen atoms in total. The Labute approximate surface area is 122 Å². The van der Waals surface area contributed by atoms with Crippen LogP contribution >= 0.6 is 0 Å². The van der Waals surface area contributed by atoms with E-state index < -0.39 is 5.97 Å². The molecule has 3 heteroatoms. The number of rotatable bonds is 5. The Morgan fingerprint density at radius 3 is 1.80 bits per heavy atom. The zero-order chi connectivity index (χ0) is 15.6. The van der Waals surface area contributed by atoms with Gasteiger partial charge >= 0.3 is 5.97 Å². The summed E-state index contributed by atoms with van der Waals surface area (Å²) < 4.78 is 0. The van der Waals surface area contributed by atoms with Gasteiger partial charge in [-0.2, -0.15) is 0 Å². The van der Waals surface area contributed by atoms with Gasteiger partial charge in [0.05, 0.1) is 0 Å².